The van der Waals surface area contributed by atoms with Crippen LogP contribution in [0, 0.1) is 11.3 Å². The molecule has 3 atom stereocenters. The third-order valence-corrected chi connectivity index (χ3v) is 8.39. The number of methoxy groups -OCH3 is 1. The number of nitrogens with zero attached hydrogens (tertiary/aromatic N) is 2. The van der Waals surface area contributed by atoms with E-state index in [2.05, 4.69) is 45.6 Å². The van der Waals surface area contributed by atoms with Crippen LogP contribution < -0.4 is 24.8 Å². The summed E-state index contributed by atoms with van der Waals surface area (Å²) in [4.78, 5) is 31.1. The Balaban J connectivity index is 1.73. The summed E-state index contributed by atoms with van der Waals surface area (Å²) in [7, 11) is 1.56. The molecule has 0 radical (unpaired) electrons. The number of allylic oxidation sites excluding steroid dienone is 2. The normalized spacial score (nSPS) is 19.7. The van der Waals surface area contributed by atoms with E-state index in [0.29, 0.717) is 43.3 Å². The van der Waals surface area contributed by atoms with Crippen LogP contribution in [0.15, 0.2) is 48.0 Å². The van der Waals surface area contributed by atoms with Crippen LogP contribution in [0.5, 0.6) is 17.2 Å². The van der Waals surface area contributed by atoms with Crippen molar-refractivity contribution >= 4 is 17.6 Å². The van der Waals surface area contributed by atoms with Crippen molar-refractivity contribution in [2.24, 2.45) is 17.1 Å². The van der Waals surface area contributed by atoms with Crippen LogP contribution in [0.25, 0.3) is 0 Å². The number of nitrogens with two attached hydrogens (primary N) is 1. The zero-order valence-electron chi connectivity index (χ0n) is 26.4. The molecule has 9 nitrogen and oxygen atoms in total. The van der Waals surface area contributed by atoms with Gasteiger partial charge in [-0.05, 0) is 67.5 Å². The molecule has 234 valence electrons. The SMILES string of the molecule is CCCCN(C(=O)CN1CC(c2cc(OC)c3c(c2)OCO3)C(C(=O)O)C1CC(C)(C)C=C(C)C)c1cccc(CN)c1. The van der Waals surface area contributed by atoms with E-state index in [4.69, 9.17) is 19.9 Å². The Morgan fingerprint density at radius 3 is 2.63 bits per heavy atom. The van der Waals surface area contributed by atoms with Crippen molar-refractivity contribution in [3.05, 3.63) is 59.2 Å². The molecule has 4 rings (SSSR count). The second-order valence-electron chi connectivity index (χ2n) is 12.6. The Labute approximate surface area is 255 Å². The van der Waals surface area contributed by atoms with Gasteiger partial charge >= 0.3 is 5.97 Å². The number of hydrogen-bond acceptors (Lipinski definition) is 7. The third kappa shape index (κ3) is 7.51. The summed E-state index contributed by atoms with van der Waals surface area (Å²) >= 11 is 0. The van der Waals surface area contributed by atoms with Crippen LogP contribution in [0.1, 0.15) is 70.9 Å². The van der Waals surface area contributed by atoms with Crippen molar-refractivity contribution in [2.75, 3.05) is 38.4 Å². The number of anilines is 1. The van der Waals surface area contributed by atoms with E-state index in [1.807, 2.05) is 41.3 Å². The van der Waals surface area contributed by atoms with Crippen molar-refractivity contribution in [1.29, 1.82) is 0 Å². The van der Waals surface area contributed by atoms with E-state index >= 15 is 0 Å². The highest BCUT2D eigenvalue weighted by atomic mass is 16.7. The number of benzene rings is 2. The topological polar surface area (TPSA) is 115 Å². The first-order valence-electron chi connectivity index (χ1n) is 15.2. The Morgan fingerprint density at radius 2 is 1.98 bits per heavy atom. The van der Waals surface area contributed by atoms with E-state index in [1.54, 1.807) is 7.11 Å². The Bertz CT molecular complexity index is 1340. The van der Waals surface area contributed by atoms with E-state index in [-0.39, 0.29) is 36.6 Å². The predicted molar refractivity (Wildman–Crippen MR) is 168 cm³/mol. The van der Waals surface area contributed by atoms with Crippen molar-refractivity contribution in [2.45, 2.75) is 72.4 Å². The van der Waals surface area contributed by atoms with Gasteiger partial charge in [-0.2, -0.15) is 0 Å². The maximum Gasteiger partial charge on any atom is 0.308 e. The first kappa shape index (κ1) is 32.4. The second kappa shape index (κ2) is 13.8. The van der Waals surface area contributed by atoms with Crippen LogP contribution in [-0.4, -0.2) is 61.5 Å². The average molecular weight is 594 g/mol. The van der Waals surface area contributed by atoms with Crippen LogP contribution in [0.3, 0.4) is 0 Å². The second-order valence-corrected chi connectivity index (χ2v) is 12.6. The highest BCUT2D eigenvalue weighted by Gasteiger charge is 2.49. The van der Waals surface area contributed by atoms with Gasteiger partial charge in [-0.1, -0.05) is 51.0 Å². The number of rotatable bonds is 13. The number of carboxylic acids is 1. The van der Waals surface area contributed by atoms with E-state index in [9.17, 15) is 14.7 Å². The Morgan fingerprint density at radius 1 is 1.21 bits per heavy atom. The lowest BCUT2D eigenvalue weighted by Crippen LogP contribution is -2.45. The number of carbonyl (C=O) groups is 2. The molecule has 2 heterocycles. The molecule has 2 aromatic carbocycles. The van der Waals surface area contributed by atoms with Crippen LogP contribution in [-0.2, 0) is 16.1 Å². The fourth-order valence-electron chi connectivity index (χ4n) is 6.65. The summed E-state index contributed by atoms with van der Waals surface area (Å²) in [6, 6.07) is 11.1. The van der Waals surface area contributed by atoms with Crippen LogP contribution >= 0.6 is 0 Å². The third-order valence-electron chi connectivity index (χ3n) is 8.39. The predicted octanol–water partition coefficient (Wildman–Crippen LogP) is 5.57. The molecule has 0 bridgehead atoms. The first-order chi connectivity index (χ1) is 20.5. The number of amides is 1. The monoisotopic (exact) mass is 593 g/mol. The maximum atomic E-state index is 14.1. The molecule has 1 saturated heterocycles. The smallest absolute Gasteiger partial charge is 0.308 e. The van der Waals surface area contributed by atoms with Gasteiger partial charge < -0.3 is 30.0 Å². The quantitative estimate of drug-likeness (QED) is 0.290. The van der Waals surface area contributed by atoms with Crippen molar-refractivity contribution in [1.82, 2.24) is 4.90 Å². The summed E-state index contributed by atoms with van der Waals surface area (Å²) < 4.78 is 16.9. The molecule has 0 aromatic heterocycles. The molecular weight excluding hydrogens is 546 g/mol. The van der Waals surface area contributed by atoms with Crippen LogP contribution in [0.4, 0.5) is 5.69 Å². The molecule has 1 fully saturated rings. The minimum atomic E-state index is -0.881. The lowest BCUT2D eigenvalue weighted by molar-refractivity contribution is -0.143. The van der Waals surface area contributed by atoms with E-state index < -0.39 is 11.9 Å². The molecule has 43 heavy (non-hydrogen) atoms. The molecule has 9 heteroatoms. The van der Waals surface area contributed by atoms with Gasteiger partial charge in [0, 0.05) is 37.3 Å². The summed E-state index contributed by atoms with van der Waals surface area (Å²) in [6.07, 6.45) is 4.57. The number of hydrogen-bond donors (Lipinski definition) is 2. The van der Waals surface area contributed by atoms with Crippen molar-refractivity contribution in [3.8, 4) is 17.2 Å². The molecule has 0 spiro atoms. The number of fused-ring (bicyclic) bond motifs is 1. The number of carbonyl (C=O) groups excluding carboxylic acids is 1. The number of ether oxygens (including phenoxy) is 3. The van der Waals surface area contributed by atoms with Crippen molar-refractivity contribution < 1.29 is 28.9 Å². The van der Waals surface area contributed by atoms with E-state index in [0.717, 1.165) is 29.7 Å². The minimum Gasteiger partial charge on any atom is -0.493 e. The minimum absolute atomic E-state index is 0.0549. The van der Waals surface area contributed by atoms with Gasteiger partial charge in [0.05, 0.1) is 19.6 Å². The Kier molecular flexibility index (Phi) is 10.4. The molecule has 1 amide bonds. The van der Waals surface area contributed by atoms with Gasteiger partial charge in [-0.3, -0.25) is 14.5 Å². The highest BCUT2D eigenvalue weighted by Crippen LogP contribution is 2.48. The van der Waals surface area contributed by atoms with E-state index in [1.165, 1.54) is 5.57 Å². The van der Waals surface area contributed by atoms with Gasteiger partial charge in [-0.25, -0.2) is 0 Å². The number of carboxylic acid groups (broad SMARTS) is 1. The zero-order valence-corrected chi connectivity index (χ0v) is 26.4. The highest BCUT2D eigenvalue weighted by molar-refractivity contribution is 5.95. The fraction of sp³-hybridized carbons (Fsp3) is 0.529. The molecule has 3 unspecified atom stereocenters. The average Bonchev–Trinajstić information content (AvgIpc) is 3.56. The van der Waals surface area contributed by atoms with Gasteiger partial charge in [0.25, 0.3) is 0 Å². The number of likely N-dealkylation sites (tertiary alicyclic amines) is 1. The largest absolute Gasteiger partial charge is 0.493 e. The fourth-order valence-corrected chi connectivity index (χ4v) is 6.65. The van der Waals surface area contributed by atoms with Crippen LogP contribution in [0.2, 0.25) is 0 Å². The zero-order chi connectivity index (χ0) is 31.3. The summed E-state index contributed by atoms with van der Waals surface area (Å²) in [5.74, 6) is -0.488. The van der Waals surface area contributed by atoms with Gasteiger partial charge in [0.2, 0.25) is 18.4 Å². The number of unbranched alkanes of at least 4 members (excludes halogenated alkanes) is 1. The number of aliphatic carboxylic acids is 1. The summed E-state index contributed by atoms with van der Waals surface area (Å²) in [5, 5.41) is 10.7. The lowest BCUT2D eigenvalue weighted by Gasteiger charge is -2.34. The van der Waals surface area contributed by atoms with Gasteiger partial charge in [0.1, 0.15) is 0 Å². The molecule has 2 aliphatic rings. The molecule has 0 aliphatic carbocycles. The molecule has 2 aliphatic heterocycles. The standard InChI is InChI=1S/C34H47N3O6/c1-7-8-12-37(25-11-9-10-23(13-25)18-35)30(38)20-36-19-26(24-14-28(41-6)32-29(15-24)42-21-43-32)31(33(39)40)27(36)17-34(4,5)16-22(2)3/h9-11,13-16,26-27,31H,7-8,12,17-21,35H2,1-6H3,(H,39,40). The van der Waals surface area contributed by atoms with Gasteiger partial charge in [-0.15, -0.1) is 0 Å². The summed E-state index contributed by atoms with van der Waals surface area (Å²) in [6.45, 7) is 12.0. The molecule has 2 aromatic rings. The van der Waals surface area contributed by atoms with Crippen molar-refractivity contribution in [3.63, 3.8) is 0 Å². The lowest BCUT2D eigenvalue weighted by atomic mass is 9.77. The molecule has 3 N–H and O–H groups in total. The Hall–Kier alpha value is -3.56. The summed E-state index contributed by atoms with van der Waals surface area (Å²) in [5.41, 5.74) is 9.36. The molecular formula is C34H47N3O6. The van der Waals surface area contributed by atoms with Gasteiger partial charge in [0.15, 0.2) is 11.5 Å². The first-order valence-corrected chi connectivity index (χ1v) is 15.2. The molecule has 0 saturated carbocycles. The maximum absolute atomic E-state index is 14.1.